The van der Waals surface area contributed by atoms with E-state index in [-0.39, 0.29) is 29.9 Å². The van der Waals surface area contributed by atoms with Crippen LogP contribution in [0.25, 0.3) is 0 Å². The van der Waals surface area contributed by atoms with Gasteiger partial charge in [0.25, 0.3) is 5.91 Å². The minimum atomic E-state index is 0. The largest absolute Gasteiger partial charge is 0.370 e. The summed E-state index contributed by atoms with van der Waals surface area (Å²) in [7, 11) is 3.52. The molecule has 1 amide bonds. The summed E-state index contributed by atoms with van der Waals surface area (Å²) in [4.78, 5) is 18.1. The van der Waals surface area contributed by atoms with Crippen LogP contribution in [0.1, 0.15) is 39.9 Å². The van der Waals surface area contributed by atoms with Crippen LogP contribution in [0.4, 0.5) is 5.69 Å². The zero-order valence-corrected chi connectivity index (χ0v) is 18.9. The normalized spacial score (nSPS) is 13.3. The standard InChI is InChI=1S/C22H28N4O.HI/c1-26(2)21(27)18-10-5-7-16(15-18)13-14-24-22(23)25-20-12-6-9-17-8-3-4-11-19(17)20;/h5-7,9-10,12,15H,3-4,8,11,13-14H2,1-2H3,(H3,23,24,25);1H. The van der Waals surface area contributed by atoms with Gasteiger partial charge >= 0.3 is 0 Å². The maximum atomic E-state index is 12.1. The molecule has 0 spiro atoms. The average molecular weight is 492 g/mol. The molecule has 2 aromatic carbocycles. The lowest BCUT2D eigenvalue weighted by molar-refractivity contribution is 0.0827. The molecule has 3 rings (SSSR count). The molecule has 2 aromatic rings. The van der Waals surface area contributed by atoms with Gasteiger partial charge in [0.05, 0.1) is 0 Å². The Morgan fingerprint density at radius 2 is 1.89 bits per heavy atom. The molecule has 0 unspecified atom stereocenters. The molecule has 0 saturated heterocycles. The first-order chi connectivity index (χ1) is 13.0. The monoisotopic (exact) mass is 492 g/mol. The molecular formula is C22H29IN4O. The second-order valence-corrected chi connectivity index (χ2v) is 7.19. The van der Waals surface area contributed by atoms with E-state index in [1.165, 1.54) is 24.0 Å². The molecule has 0 atom stereocenters. The summed E-state index contributed by atoms with van der Waals surface area (Å²) in [5.41, 5.74) is 11.7. The summed E-state index contributed by atoms with van der Waals surface area (Å²) < 4.78 is 0. The number of guanidine groups is 1. The van der Waals surface area contributed by atoms with Crippen molar-refractivity contribution in [1.29, 1.82) is 0 Å². The molecule has 1 aliphatic rings. The molecule has 3 N–H and O–H groups in total. The van der Waals surface area contributed by atoms with Crippen molar-refractivity contribution < 1.29 is 4.79 Å². The van der Waals surface area contributed by atoms with Gasteiger partial charge < -0.3 is 16.0 Å². The van der Waals surface area contributed by atoms with Crippen molar-refractivity contribution in [3.05, 3.63) is 64.7 Å². The van der Waals surface area contributed by atoms with Crippen molar-refractivity contribution in [1.82, 2.24) is 4.90 Å². The Bertz CT molecular complexity index is 848. The third-order valence-electron chi connectivity index (χ3n) is 4.92. The number of hydrogen-bond acceptors (Lipinski definition) is 2. The smallest absolute Gasteiger partial charge is 0.253 e. The Balaban J connectivity index is 0.00000280. The quantitative estimate of drug-likeness (QED) is 0.379. The fourth-order valence-corrected chi connectivity index (χ4v) is 3.50. The fraction of sp³-hybridized carbons (Fsp3) is 0.364. The summed E-state index contributed by atoms with van der Waals surface area (Å²) in [6.07, 6.45) is 5.46. The number of aryl methyl sites for hydroxylation is 1. The molecule has 0 bridgehead atoms. The summed E-state index contributed by atoms with van der Waals surface area (Å²) in [6, 6.07) is 14.0. The fourth-order valence-electron chi connectivity index (χ4n) is 3.50. The number of halogens is 1. The van der Waals surface area contributed by atoms with Crippen LogP contribution in [0.5, 0.6) is 0 Å². The molecule has 1 aliphatic carbocycles. The van der Waals surface area contributed by atoms with Crippen molar-refractivity contribution >= 4 is 41.5 Å². The molecule has 6 heteroatoms. The maximum absolute atomic E-state index is 12.1. The predicted octanol–water partition coefficient (Wildman–Crippen LogP) is 3.85. The first-order valence-electron chi connectivity index (χ1n) is 9.53. The van der Waals surface area contributed by atoms with Gasteiger partial charge in [0.1, 0.15) is 0 Å². The van der Waals surface area contributed by atoms with E-state index in [9.17, 15) is 4.79 Å². The number of nitrogens with two attached hydrogens (primary N) is 1. The summed E-state index contributed by atoms with van der Waals surface area (Å²) in [5.74, 6) is 0.449. The second-order valence-electron chi connectivity index (χ2n) is 7.19. The van der Waals surface area contributed by atoms with E-state index in [1.807, 2.05) is 24.3 Å². The number of anilines is 1. The maximum Gasteiger partial charge on any atom is 0.253 e. The molecule has 0 aromatic heterocycles. The van der Waals surface area contributed by atoms with E-state index in [0.717, 1.165) is 30.5 Å². The van der Waals surface area contributed by atoms with Crippen LogP contribution in [0, 0.1) is 0 Å². The van der Waals surface area contributed by atoms with E-state index in [2.05, 4.69) is 28.5 Å². The molecule has 28 heavy (non-hydrogen) atoms. The van der Waals surface area contributed by atoms with E-state index in [1.54, 1.807) is 19.0 Å². The summed E-state index contributed by atoms with van der Waals surface area (Å²) >= 11 is 0. The zero-order chi connectivity index (χ0) is 19.2. The Labute approximate surface area is 184 Å². The highest BCUT2D eigenvalue weighted by Crippen LogP contribution is 2.27. The molecule has 0 aliphatic heterocycles. The molecule has 0 radical (unpaired) electrons. The van der Waals surface area contributed by atoms with E-state index in [4.69, 9.17) is 5.73 Å². The lowest BCUT2D eigenvalue weighted by Crippen LogP contribution is -2.24. The minimum absolute atomic E-state index is 0. The van der Waals surface area contributed by atoms with Crippen molar-refractivity contribution in [3.8, 4) is 0 Å². The lowest BCUT2D eigenvalue weighted by atomic mass is 9.90. The Kier molecular flexibility index (Phi) is 8.29. The number of benzene rings is 2. The first kappa shape index (κ1) is 22.2. The molecular weight excluding hydrogens is 463 g/mol. The third-order valence-corrected chi connectivity index (χ3v) is 4.92. The number of fused-ring (bicyclic) bond motifs is 1. The average Bonchev–Trinajstić information content (AvgIpc) is 2.68. The predicted molar refractivity (Wildman–Crippen MR) is 127 cm³/mol. The van der Waals surface area contributed by atoms with Gasteiger partial charge in [0.15, 0.2) is 5.96 Å². The van der Waals surface area contributed by atoms with Gasteiger partial charge in [-0.15, -0.1) is 24.0 Å². The highest BCUT2D eigenvalue weighted by atomic mass is 127. The highest BCUT2D eigenvalue weighted by Gasteiger charge is 2.13. The number of hydrogen-bond donors (Lipinski definition) is 2. The van der Waals surface area contributed by atoms with Gasteiger partial charge in [0.2, 0.25) is 0 Å². The van der Waals surface area contributed by atoms with Crippen LogP contribution in [-0.4, -0.2) is 37.4 Å². The molecule has 0 fully saturated rings. The Morgan fingerprint density at radius 3 is 2.68 bits per heavy atom. The van der Waals surface area contributed by atoms with Crippen LogP contribution in [-0.2, 0) is 19.3 Å². The van der Waals surface area contributed by atoms with Crippen LogP contribution >= 0.6 is 24.0 Å². The van der Waals surface area contributed by atoms with Gasteiger partial charge in [-0.3, -0.25) is 9.79 Å². The van der Waals surface area contributed by atoms with Crippen molar-refractivity contribution in [2.24, 2.45) is 10.7 Å². The van der Waals surface area contributed by atoms with Crippen LogP contribution in [0.2, 0.25) is 0 Å². The number of nitrogens with zero attached hydrogens (tertiary/aromatic N) is 2. The number of rotatable bonds is 5. The van der Waals surface area contributed by atoms with Crippen LogP contribution < -0.4 is 11.1 Å². The summed E-state index contributed by atoms with van der Waals surface area (Å²) in [6.45, 7) is 0.577. The number of carbonyl (C=O) groups is 1. The van der Waals surface area contributed by atoms with Gasteiger partial charge in [-0.1, -0.05) is 24.3 Å². The van der Waals surface area contributed by atoms with Crippen LogP contribution in [0.3, 0.4) is 0 Å². The van der Waals surface area contributed by atoms with Crippen LogP contribution in [0.15, 0.2) is 47.5 Å². The van der Waals surface area contributed by atoms with Gasteiger partial charge in [-0.25, -0.2) is 0 Å². The molecule has 5 nitrogen and oxygen atoms in total. The van der Waals surface area contributed by atoms with Crippen molar-refractivity contribution in [2.45, 2.75) is 32.1 Å². The molecule has 150 valence electrons. The van der Waals surface area contributed by atoms with Gasteiger partial charge in [-0.2, -0.15) is 0 Å². The first-order valence-corrected chi connectivity index (χ1v) is 9.53. The molecule has 0 saturated carbocycles. The molecule has 0 heterocycles. The Morgan fingerprint density at radius 1 is 1.14 bits per heavy atom. The van der Waals surface area contributed by atoms with E-state index in [0.29, 0.717) is 18.1 Å². The third kappa shape index (κ3) is 5.70. The summed E-state index contributed by atoms with van der Waals surface area (Å²) in [5, 5.41) is 3.27. The number of carbonyl (C=O) groups excluding carboxylic acids is 1. The number of aliphatic imine (C=N–C) groups is 1. The second kappa shape index (κ2) is 10.5. The van der Waals surface area contributed by atoms with Crippen molar-refractivity contribution in [3.63, 3.8) is 0 Å². The SMILES string of the molecule is CN(C)C(=O)c1cccc(CCN=C(N)Nc2cccc3c2CCCC3)c1.I. The van der Waals surface area contributed by atoms with Gasteiger partial charge in [0, 0.05) is 31.9 Å². The zero-order valence-electron chi connectivity index (χ0n) is 16.6. The number of nitrogens with one attached hydrogen (secondary N) is 1. The van der Waals surface area contributed by atoms with E-state index >= 15 is 0 Å². The topological polar surface area (TPSA) is 70.7 Å². The van der Waals surface area contributed by atoms with E-state index < -0.39 is 0 Å². The highest BCUT2D eigenvalue weighted by molar-refractivity contribution is 14.0. The minimum Gasteiger partial charge on any atom is -0.370 e. The number of amides is 1. The van der Waals surface area contributed by atoms with Crippen molar-refractivity contribution in [2.75, 3.05) is 26.0 Å². The van der Waals surface area contributed by atoms with Gasteiger partial charge in [-0.05, 0) is 67.0 Å². The lowest BCUT2D eigenvalue weighted by Gasteiger charge is -2.19. The Hall–Kier alpha value is -2.09.